The van der Waals surface area contributed by atoms with Crippen molar-refractivity contribution in [1.82, 2.24) is 0 Å². The van der Waals surface area contributed by atoms with Crippen LogP contribution in [0.25, 0.3) is 0 Å². The first kappa shape index (κ1) is 15.1. The third-order valence-electron chi connectivity index (χ3n) is 5.10. The molecule has 0 aromatic rings. The molecule has 0 amide bonds. The van der Waals surface area contributed by atoms with Gasteiger partial charge in [0.2, 0.25) is 0 Å². The van der Waals surface area contributed by atoms with Gasteiger partial charge in [0.1, 0.15) is 0 Å². The fourth-order valence-electron chi connectivity index (χ4n) is 3.57. The molecule has 0 bridgehead atoms. The lowest BCUT2D eigenvalue weighted by molar-refractivity contribution is -0.210. The van der Waals surface area contributed by atoms with Crippen LogP contribution in [0.3, 0.4) is 0 Å². The predicted octanol–water partition coefficient (Wildman–Crippen LogP) is 2.23. The van der Waals surface area contributed by atoms with E-state index in [1.54, 1.807) is 0 Å². The van der Waals surface area contributed by atoms with Crippen LogP contribution in [0.15, 0.2) is 0 Å². The molecule has 2 aliphatic rings. The molecule has 1 aliphatic heterocycles. The van der Waals surface area contributed by atoms with E-state index < -0.39 is 23.1 Å². The van der Waals surface area contributed by atoms with Crippen molar-refractivity contribution in [3.05, 3.63) is 0 Å². The number of halogens is 3. The van der Waals surface area contributed by atoms with E-state index in [4.69, 9.17) is 10.5 Å². The Morgan fingerprint density at radius 1 is 1.11 bits per heavy atom. The minimum absolute atomic E-state index is 0.00259. The fourth-order valence-corrected chi connectivity index (χ4v) is 3.57. The van der Waals surface area contributed by atoms with Gasteiger partial charge in [-0.15, -0.1) is 0 Å². The highest BCUT2D eigenvalue weighted by Crippen LogP contribution is 2.51. The Kier molecular flexibility index (Phi) is 4.14. The molecule has 0 unspecified atom stereocenters. The van der Waals surface area contributed by atoms with Gasteiger partial charge in [0.15, 0.2) is 0 Å². The first-order valence-corrected chi connectivity index (χ1v) is 6.90. The molecule has 3 N–H and O–H groups in total. The van der Waals surface area contributed by atoms with Gasteiger partial charge in [-0.1, -0.05) is 0 Å². The molecule has 0 aromatic heterocycles. The Morgan fingerprint density at radius 3 is 2.05 bits per heavy atom. The van der Waals surface area contributed by atoms with E-state index in [1.807, 2.05) is 0 Å². The minimum Gasteiger partial charge on any atom is -0.389 e. The summed E-state index contributed by atoms with van der Waals surface area (Å²) in [4.78, 5) is 0. The molecule has 2 fully saturated rings. The SMILES string of the molecule is NCC1(C2(O)CCC(C(F)(F)F)CC2)CCOCC1. The average Bonchev–Trinajstić information content (AvgIpc) is 2.39. The fraction of sp³-hybridized carbons (Fsp3) is 1.00. The molecule has 0 atom stereocenters. The molecular weight excluding hydrogens is 259 g/mol. The van der Waals surface area contributed by atoms with Gasteiger partial charge in [-0.05, 0) is 38.5 Å². The summed E-state index contributed by atoms with van der Waals surface area (Å²) in [7, 11) is 0. The first-order valence-electron chi connectivity index (χ1n) is 6.90. The standard InChI is InChI=1S/C13H22F3NO2/c14-13(15,16)10-1-3-12(18,4-2-10)11(9-17)5-7-19-8-6-11/h10,18H,1-9,17H2. The molecule has 0 aromatic carbocycles. The van der Waals surface area contributed by atoms with Crippen LogP contribution in [0, 0.1) is 11.3 Å². The Labute approximate surface area is 111 Å². The van der Waals surface area contributed by atoms with Crippen molar-refractivity contribution in [3.63, 3.8) is 0 Å². The molecule has 0 spiro atoms. The van der Waals surface area contributed by atoms with Gasteiger partial charge in [-0.25, -0.2) is 0 Å². The molecular formula is C13H22F3NO2. The van der Waals surface area contributed by atoms with Gasteiger partial charge in [-0.2, -0.15) is 13.2 Å². The van der Waals surface area contributed by atoms with E-state index in [-0.39, 0.29) is 25.7 Å². The Bertz CT molecular complexity index is 306. The highest BCUT2D eigenvalue weighted by Gasteiger charge is 2.54. The monoisotopic (exact) mass is 281 g/mol. The third-order valence-corrected chi connectivity index (χ3v) is 5.10. The summed E-state index contributed by atoms with van der Waals surface area (Å²) in [5, 5.41) is 10.8. The molecule has 1 aliphatic carbocycles. The van der Waals surface area contributed by atoms with E-state index >= 15 is 0 Å². The van der Waals surface area contributed by atoms with E-state index in [1.165, 1.54) is 0 Å². The molecule has 1 saturated carbocycles. The van der Waals surface area contributed by atoms with Crippen LogP contribution in [0.4, 0.5) is 13.2 Å². The van der Waals surface area contributed by atoms with Crippen LogP contribution in [-0.2, 0) is 4.74 Å². The number of hydrogen-bond acceptors (Lipinski definition) is 3. The van der Waals surface area contributed by atoms with Crippen molar-refractivity contribution in [2.45, 2.75) is 50.3 Å². The van der Waals surface area contributed by atoms with E-state index in [0.29, 0.717) is 32.6 Å². The lowest BCUT2D eigenvalue weighted by Gasteiger charge is -2.52. The van der Waals surface area contributed by atoms with Gasteiger partial charge >= 0.3 is 6.18 Å². The molecule has 2 rings (SSSR count). The maximum Gasteiger partial charge on any atom is 0.391 e. The number of ether oxygens (including phenoxy) is 1. The summed E-state index contributed by atoms with van der Waals surface area (Å²) in [6.45, 7) is 1.37. The number of rotatable bonds is 2. The summed E-state index contributed by atoms with van der Waals surface area (Å²) in [5.41, 5.74) is 4.30. The largest absolute Gasteiger partial charge is 0.391 e. The highest BCUT2D eigenvalue weighted by atomic mass is 19.4. The summed E-state index contributed by atoms with van der Waals surface area (Å²) >= 11 is 0. The molecule has 1 saturated heterocycles. The molecule has 0 radical (unpaired) electrons. The van der Waals surface area contributed by atoms with Crippen molar-refractivity contribution in [1.29, 1.82) is 0 Å². The lowest BCUT2D eigenvalue weighted by Crippen LogP contribution is -2.57. The van der Waals surface area contributed by atoms with Crippen molar-refractivity contribution >= 4 is 0 Å². The first-order chi connectivity index (χ1) is 8.83. The minimum atomic E-state index is -4.15. The molecule has 3 nitrogen and oxygen atoms in total. The van der Waals surface area contributed by atoms with Gasteiger partial charge in [0.25, 0.3) is 0 Å². The summed E-state index contributed by atoms with van der Waals surface area (Å²) < 4.78 is 43.4. The van der Waals surface area contributed by atoms with Gasteiger partial charge < -0.3 is 15.6 Å². The normalized spacial score (nSPS) is 36.2. The van der Waals surface area contributed by atoms with Crippen LogP contribution in [0.1, 0.15) is 38.5 Å². The topological polar surface area (TPSA) is 55.5 Å². The van der Waals surface area contributed by atoms with Crippen LogP contribution in [0.5, 0.6) is 0 Å². The highest BCUT2D eigenvalue weighted by molar-refractivity contribution is 5.03. The van der Waals surface area contributed by atoms with Gasteiger partial charge in [-0.3, -0.25) is 0 Å². The van der Waals surface area contributed by atoms with Crippen LogP contribution >= 0.6 is 0 Å². The Balaban J connectivity index is 2.08. The van der Waals surface area contributed by atoms with Gasteiger partial charge in [0.05, 0.1) is 11.5 Å². The van der Waals surface area contributed by atoms with Crippen LogP contribution in [0.2, 0.25) is 0 Å². The molecule has 19 heavy (non-hydrogen) atoms. The van der Waals surface area contributed by atoms with Crippen LogP contribution in [-0.4, -0.2) is 36.6 Å². The number of hydrogen-bond donors (Lipinski definition) is 2. The molecule has 1 heterocycles. The molecule has 112 valence electrons. The Hall–Kier alpha value is -0.330. The number of alkyl halides is 3. The smallest absolute Gasteiger partial charge is 0.389 e. The zero-order valence-corrected chi connectivity index (χ0v) is 11.0. The van der Waals surface area contributed by atoms with Crippen molar-refractivity contribution in [2.24, 2.45) is 17.1 Å². The van der Waals surface area contributed by atoms with E-state index in [2.05, 4.69) is 0 Å². The second-order valence-corrected chi connectivity index (χ2v) is 5.94. The lowest BCUT2D eigenvalue weighted by atomic mass is 9.60. The molecule has 6 heteroatoms. The van der Waals surface area contributed by atoms with Crippen LogP contribution < -0.4 is 5.73 Å². The number of nitrogens with two attached hydrogens (primary N) is 1. The second kappa shape index (κ2) is 5.22. The second-order valence-electron chi connectivity index (χ2n) is 5.94. The zero-order valence-electron chi connectivity index (χ0n) is 11.0. The quantitative estimate of drug-likeness (QED) is 0.816. The van der Waals surface area contributed by atoms with E-state index in [0.717, 1.165) is 0 Å². The summed E-state index contributed by atoms with van der Waals surface area (Å²) in [5.74, 6) is -1.28. The van der Waals surface area contributed by atoms with Crippen molar-refractivity contribution in [3.8, 4) is 0 Å². The van der Waals surface area contributed by atoms with Gasteiger partial charge in [0, 0.05) is 25.2 Å². The average molecular weight is 281 g/mol. The maximum atomic E-state index is 12.7. The maximum absolute atomic E-state index is 12.7. The van der Waals surface area contributed by atoms with Crippen molar-refractivity contribution < 1.29 is 23.0 Å². The summed E-state index contributed by atoms with van der Waals surface area (Å²) in [6, 6.07) is 0. The Morgan fingerprint density at radius 2 is 1.63 bits per heavy atom. The predicted molar refractivity (Wildman–Crippen MR) is 64.5 cm³/mol. The van der Waals surface area contributed by atoms with Crippen molar-refractivity contribution in [2.75, 3.05) is 19.8 Å². The third kappa shape index (κ3) is 2.76. The van der Waals surface area contributed by atoms with E-state index in [9.17, 15) is 18.3 Å². The summed E-state index contributed by atoms with van der Waals surface area (Å²) in [6.07, 6.45) is -2.49. The number of aliphatic hydroxyl groups is 1. The zero-order chi connectivity index (χ0) is 14.1.